The van der Waals surface area contributed by atoms with Crippen LogP contribution in [0.2, 0.25) is 5.02 Å². The van der Waals surface area contributed by atoms with Crippen molar-refractivity contribution in [3.8, 4) is 0 Å². The summed E-state index contributed by atoms with van der Waals surface area (Å²) in [4.78, 5) is 27.8. The summed E-state index contributed by atoms with van der Waals surface area (Å²) >= 11 is 6.93. The molecular weight excluding hydrogens is 354 g/mol. The van der Waals surface area contributed by atoms with Gasteiger partial charge in [0.05, 0.1) is 23.4 Å². The average molecular weight is 370 g/mol. The number of thioether (sulfide) groups is 1. The first kappa shape index (κ1) is 17.0. The van der Waals surface area contributed by atoms with Crippen LogP contribution in [0.15, 0.2) is 28.3 Å². The van der Waals surface area contributed by atoms with Crippen molar-refractivity contribution in [1.82, 2.24) is 19.7 Å². The van der Waals surface area contributed by atoms with Gasteiger partial charge < -0.3 is 10.1 Å². The van der Waals surface area contributed by atoms with E-state index in [1.807, 2.05) is 0 Å². The Balaban J connectivity index is 1.57. The largest absolute Gasteiger partial charge is 0.376 e. The number of aromatic nitrogens is 4. The molecule has 2 aromatic rings. The van der Waals surface area contributed by atoms with Crippen LogP contribution in [0.3, 0.4) is 0 Å². The van der Waals surface area contributed by atoms with Crippen molar-refractivity contribution in [2.75, 3.05) is 17.7 Å². The van der Waals surface area contributed by atoms with Crippen LogP contribution in [0.5, 0.6) is 0 Å². The molecule has 1 aliphatic heterocycles. The van der Waals surface area contributed by atoms with Crippen molar-refractivity contribution in [2.45, 2.75) is 30.6 Å². The molecule has 8 nitrogen and oxygen atoms in total. The second kappa shape index (κ2) is 7.82. The van der Waals surface area contributed by atoms with Gasteiger partial charge in [-0.3, -0.25) is 9.36 Å². The first-order chi connectivity index (χ1) is 11.6. The molecule has 3 heterocycles. The number of hydrogen-bond acceptors (Lipinski definition) is 6. The van der Waals surface area contributed by atoms with Gasteiger partial charge in [-0.2, -0.15) is 0 Å². The molecule has 1 aliphatic rings. The molecule has 0 bridgehead atoms. The molecule has 2 N–H and O–H groups in total. The SMILES string of the molecule is O=C(CSc1n[nH]c(=O)n1C[C@@H]1CCCO1)Nc1ccc(Cl)cn1. The van der Waals surface area contributed by atoms with E-state index in [9.17, 15) is 9.59 Å². The number of carbonyl (C=O) groups is 1. The van der Waals surface area contributed by atoms with Gasteiger partial charge in [0.25, 0.3) is 0 Å². The van der Waals surface area contributed by atoms with Gasteiger partial charge in [0.15, 0.2) is 5.16 Å². The number of amides is 1. The lowest BCUT2D eigenvalue weighted by atomic mass is 10.2. The molecule has 0 saturated carbocycles. The highest BCUT2D eigenvalue weighted by Crippen LogP contribution is 2.18. The molecule has 128 valence electrons. The molecule has 2 aromatic heterocycles. The lowest BCUT2D eigenvalue weighted by Crippen LogP contribution is -2.25. The van der Waals surface area contributed by atoms with E-state index in [2.05, 4.69) is 20.5 Å². The van der Waals surface area contributed by atoms with Crippen molar-refractivity contribution in [1.29, 1.82) is 0 Å². The number of anilines is 1. The molecule has 0 radical (unpaired) electrons. The molecule has 0 unspecified atom stereocenters. The van der Waals surface area contributed by atoms with Crippen LogP contribution in [0.25, 0.3) is 0 Å². The molecule has 1 saturated heterocycles. The highest BCUT2D eigenvalue weighted by molar-refractivity contribution is 7.99. The number of rotatable bonds is 6. The van der Waals surface area contributed by atoms with Gasteiger partial charge in [0.1, 0.15) is 5.82 Å². The van der Waals surface area contributed by atoms with E-state index in [4.69, 9.17) is 16.3 Å². The van der Waals surface area contributed by atoms with E-state index < -0.39 is 0 Å². The summed E-state index contributed by atoms with van der Waals surface area (Å²) in [5.74, 6) is 0.290. The van der Waals surface area contributed by atoms with E-state index in [-0.39, 0.29) is 23.5 Å². The lowest BCUT2D eigenvalue weighted by Gasteiger charge is -2.10. The fourth-order valence-corrected chi connectivity index (χ4v) is 3.19. The van der Waals surface area contributed by atoms with Crippen LogP contribution in [0.1, 0.15) is 12.8 Å². The molecule has 10 heteroatoms. The van der Waals surface area contributed by atoms with Crippen molar-refractivity contribution in [3.05, 3.63) is 33.8 Å². The van der Waals surface area contributed by atoms with Gasteiger partial charge in [-0.15, -0.1) is 5.10 Å². The Bertz CT molecular complexity index is 755. The molecule has 0 spiro atoms. The first-order valence-electron chi connectivity index (χ1n) is 7.43. The zero-order valence-corrected chi connectivity index (χ0v) is 14.3. The third-order valence-corrected chi connectivity index (χ3v) is 4.66. The van der Waals surface area contributed by atoms with Gasteiger partial charge in [0.2, 0.25) is 5.91 Å². The second-order valence-electron chi connectivity index (χ2n) is 5.26. The number of carbonyl (C=O) groups excluding carboxylic acids is 1. The standard InChI is InChI=1S/C14H16ClN5O3S/c15-9-3-4-11(16-6-9)17-12(21)8-24-14-19-18-13(22)20(14)7-10-2-1-5-23-10/h3-4,6,10H,1-2,5,7-8H2,(H,18,22)(H,16,17,21)/t10-/m0/s1. The zero-order chi connectivity index (χ0) is 16.9. The Hall–Kier alpha value is -1.84. The third kappa shape index (κ3) is 4.37. The zero-order valence-electron chi connectivity index (χ0n) is 12.7. The minimum atomic E-state index is -0.298. The van der Waals surface area contributed by atoms with Gasteiger partial charge in [-0.25, -0.2) is 14.9 Å². The van der Waals surface area contributed by atoms with Crippen LogP contribution < -0.4 is 11.0 Å². The third-order valence-electron chi connectivity index (χ3n) is 3.46. The summed E-state index contributed by atoms with van der Waals surface area (Å²) in [5.41, 5.74) is -0.298. The van der Waals surface area contributed by atoms with Crippen molar-refractivity contribution in [2.24, 2.45) is 0 Å². The first-order valence-corrected chi connectivity index (χ1v) is 8.79. The quantitative estimate of drug-likeness (QED) is 0.749. The number of hydrogen-bond donors (Lipinski definition) is 2. The summed E-state index contributed by atoms with van der Waals surface area (Å²) in [5, 5.41) is 10.0. The summed E-state index contributed by atoms with van der Waals surface area (Å²) in [6, 6.07) is 3.26. The van der Waals surface area contributed by atoms with E-state index in [1.165, 1.54) is 22.5 Å². The van der Waals surface area contributed by atoms with E-state index in [0.29, 0.717) is 22.5 Å². The van der Waals surface area contributed by atoms with Crippen molar-refractivity contribution >= 4 is 35.1 Å². The van der Waals surface area contributed by atoms with Crippen LogP contribution in [0, 0.1) is 0 Å². The van der Waals surface area contributed by atoms with Gasteiger partial charge in [0, 0.05) is 12.8 Å². The number of nitrogens with one attached hydrogen (secondary N) is 2. The van der Waals surface area contributed by atoms with Crippen molar-refractivity contribution in [3.63, 3.8) is 0 Å². The number of halogens is 1. The number of pyridine rings is 1. The maximum atomic E-state index is 12.0. The Kier molecular flexibility index (Phi) is 5.54. The monoisotopic (exact) mass is 369 g/mol. The molecule has 1 fully saturated rings. The highest BCUT2D eigenvalue weighted by atomic mass is 35.5. The Morgan fingerprint density at radius 1 is 1.54 bits per heavy atom. The lowest BCUT2D eigenvalue weighted by molar-refractivity contribution is -0.113. The fourth-order valence-electron chi connectivity index (χ4n) is 2.33. The second-order valence-corrected chi connectivity index (χ2v) is 6.63. The van der Waals surface area contributed by atoms with Crippen molar-refractivity contribution < 1.29 is 9.53 Å². The highest BCUT2D eigenvalue weighted by Gasteiger charge is 2.20. The van der Waals surface area contributed by atoms with Crippen LogP contribution in [-0.2, 0) is 16.1 Å². The molecular formula is C14H16ClN5O3S. The van der Waals surface area contributed by atoms with E-state index in [1.54, 1.807) is 12.1 Å². The molecule has 0 aromatic carbocycles. The topological polar surface area (TPSA) is 102 Å². The molecule has 1 amide bonds. The van der Waals surface area contributed by atoms with Gasteiger partial charge in [-0.1, -0.05) is 23.4 Å². The van der Waals surface area contributed by atoms with Gasteiger partial charge in [-0.05, 0) is 25.0 Å². The normalized spacial score (nSPS) is 17.1. The number of nitrogens with zero attached hydrogens (tertiary/aromatic N) is 3. The predicted octanol–water partition coefficient (Wildman–Crippen LogP) is 1.53. The number of ether oxygens (including phenoxy) is 1. The maximum Gasteiger partial charge on any atom is 0.344 e. The van der Waals surface area contributed by atoms with Crippen LogP contribution in [0.4, 0.5) is 5.82 Å². The Morgan fingerprint density at radius 2 is 2.42 bits per heavy atom. The summed E-state index contributed by atoms with van der Waals surface area (Å²) in [6.45, 7) is 1.16. The van der Waals surface area contributed by atoms with E-state index >= 15 is 0 Å². The van der Waals surface area contributed by atoms with Gasteiger partial charge >= 0.3 is 5.69 Å². The molecule has 1 atom stereocenters. The number of H-pyrrole nitrogens is 1. The summed E-state index contributed by atoms with van der Waals surface area (Å²) in [7, 11) is 0. The average Bonchev–Trinajstić information content (AvgIpc) is 3.19. The van der Waals surface area contributed by atoms with E-state index in [0.717, 1.165) is 19.4 Å². The Labute approximate surface area is 146 Å². The Morgan fingerprint density at radius 3 is 3.12 bits per heavy atom. The molecule has 0 aliphatic carbocycles. The maximum absolute atomic E-state index is 12.0. The fraction of sp³-hybridized carbons (Fsp3) is 0.429. The van der Waals surface area contributed by atoms with Crippen LogP contribution >= 0.6 is 23.4 Å². The molecule has 3 rings (SSSR count). The minimum absolute atomic E-state index is 0.0201. The molecule has 24 heavy (non-hydrogen) atoms. The summed E-state index contributed by atoms with van der Waals surface area (Å²) < 4.78 is 7.05. The number of aromatic amines is 1. The van der Waals surface area contributed by atoms with Crippen LogP contribution in [-0.4, -0.2) is 44.1 Å². The minimum Gasteiger partial charge on any atom is -0.376 e. The predicted molar refractivity (Wildman–Crippen MR) is 90.4 cm³/mol. The summed E-state index contributed by atoms with van der Waals surface area (Å²) in [6.07, 6.45) is 3.39. The smallest absolute Gasteiger partial charge is 0.344 e.